The van der Waals surface area contributed by atoms with E-state index in [1.54, 1.807) is 17.5 Å². The van der Waals surface area contributed by atoms with Gasteiger partial charge in [0, 0.05) is 42.8 Å². The molecule has 142 valence electrons. The largest absolute Gasteiger partial charge is 0.336 e. The molecule has 0 spiro atoms. The van der Waals surface area contributed by atoms with E-state index in [0.717, 1.165) is 42.9 Å². The van der Waals surface area contributed by atoms with Gasteiger partial charge in [0.1, 0.15) is 0 Å². The zero-order chi connectivity index (χ0) is 19.0. The summed E-state index contributed by atoms with van der Waals surface area (Å²) in [4.78, 5) is 23.5. The lowest BCUT2D eigenvalue weighted by molar-refractivity contribution is 0.0597. The summed E-state index contributed by atoms with van der Waals surface area (Å²) in [6.45, 7) is 10.4. The van der Waals surface area contributed by atoms with Gasteiger partial charge in [0.2, 0.25) is 0 Å². The summed E-state index contributed by atoms with van der Waals surface area (Å²) < 4.78 is 1.89. The van der Waals surface area contributed by atoms with Crippen molar-refractivity contribution in [1.29, 1.82) is 0 Å². The van der Waals surface area contributed by atoms with Crippen molar-refractivity contribution in [2.45, 2.75) is 33.4 Å². The van der Waals surface area contributed by atoms with Crippen LogP contribution in [0.3, 0.4) is 0 Å². The number of pyridine rings is 1. The lowest BCUT2D eigenvalue weighted by Gasteiger charge is -2.37. The second kappa shape index (κ2) is 7.40. The Morgan fingerprint density at radius 3 is 2.70 bits per heavy atom. The monoisotopic (exact) mass is 383 g/mol. The molecule has 0 aliphatic carbocycles. The van der Waals surface area contributed by atoms with Gasteiger partial charge in [-0.25, -0.2) is 9.67 Å². The van der Waals surface area contributed by atoms with E-state index in [0.29, 0.717) is 18.2 Å². The molecule has 7 heteroatoms. The van der Waals surface area contributed by atoms with Gasteiger partial charge >= 0.3 is 0 Å². The van der Waals surface area contributed by atoms with Gasteiger partial charge in [-0.2, -0.15) is 5.10 Å². The van der Waals surface area contributed by atoms with Crippen LogP contribution in [0.4, 0.5) is 0 Å². The van der Waals surface area contributed by atoms with E-state index in [1.807, 2.05) is 28.6 Å². The van der Waals surface area contributed by atoms with Gasteiger partial charge in [-0.1, -0.05) is 6.07 Å². The summed E-state index contributed by atoms with van der Waals surface area (Å²) in [6.07, 6.45) is 1.78. The molecule has 6 nitrogen and oxygen atoms in total. The Hall–Kier alpha value is -2.25. The van der Waals surface area contributed by atoms with Crippen molar-refractivity contribution in [2.24, 2.45) is 0 Å². The molecule has 1 aliphatic rings. The third-order valence-corrected chi connectivity index (χ3v) is 6.05. The van der Waals surface area contributed by atoms with Gasteiger partial charge in [-0.15, -0.1) is 11.3 Å². The van der Waals surface area contributed by atoms with Crippen LogP contribution >= 0.6 is 11.3 Å². The Labute approximate surface area is 163 Å². The Balaban J connectivity index is 1.62. The molecule has 27 heavy (non-hydrogen) atoms. The number of amides is 1. The zero-order valence-corrected chi connectivity index (χ0v) is 16.9. The van der Waals surface area contributed by atoms with Crippen LogP contribution < -0.4 is 0 Å². The average molecular weight is 384 g/mol. The smallest absolute Gasteiger partial charge is 0.254 e. The van der Waals surface area contributed by atoms with E-state index in [2.05, 4.69) is 40.3 Å². The normalized spacial score (nSPS) is 15.8. The predicted molar refractivity (Wildman–Crippen MR) is 108 cm³/mol. The number of carbonyl (C=O) groups excluding carboxylic acids is 1. The molecule has 0 bridgehead atoms. The number of piperazine rings is 1. The molecule has 1 amide bonds. The van der Waals surface area contributed by atoms with Crippen LogP contribution in [0.1, 0.15) is 34.8 Å². The molecule has 0 saturated carbocycles. The Bertz CT molecular complexity index is 939. The Morgan fingerprint density at radius 1 is 1.26 bits per heavy atom. The first-order valence-corrected chi connectivity index (χ1v) is 10.3. The van der Waals surface area contributed by atoms with Crippen molar-refractivity contribution in [2.75, 3.05) is 26.2 Å². The first kappa shape index (κ1) is 18.1. The van der Waals surface area contributed by atoms with Crippen molar-refractivity contribution < 1.29 is 4.79 Å². The fourth-order valence-electron chi connectivity index (χ4n) is 3.63. The second-order valence-corrected chi connectivity index (χ2v) is 8.38. The van der Waals surface area contributed by atoms with Crippen LogP contribution in [0.15, 0.2) is 29.8 Å². The number of hydrogen-bond donors (Lipinski definition) is 0. The van der Waals surface area contributed by atoms with Crippen molar-refractivity contribution in [1.82, 2.24) is 24.6 Å². The molecule has 1 fully saturated rings. The maximum Gasteiger partial charge on any atom is 0.254 e. The number of aromatic nitrogens is 3. The molecule has 0 atom stereocenters. The fraction of sp³-hybridized carbons (Fsp3) is 0.450. The number of fused-ring (bicyclic) bond motifs is 1. The summed E-state index contributed by atoms with van der Waals surface area (Å²) in [7, 11) is 0. The molecule has 3 aromatic rings. The summed E-state index contributed by atoms with van der Waals surface area (Å²) in [5.41, 5.74) is 2.35. The lowest BCUT2D eigenvalue weighted by atomic mass is 10.1. The molecule has 0 aromatic carbocycles. The van der Waals surface area contributed by atoms with Crippen molar-refractivity contribution >= 4 is 28.3 Å². The second-order valence-electron chi connectivity index (χ2n) is 7.35. The van der Waals surface area contributed by atoms with Gasteiger partial charge in [0.25, 0.3) is 5.91 Å². The molecule has 1 aliphatic heterocycles. The van der Waals surface area contributed by atoms with E-state index >= 15 is 0 Å². The maximum absolute atomic E-state index is 13.2. The Kier molecular flexibility index (Phi) is 4.97. The predicted octanol–water partition coefficient (Wildman–Crippen LogP) is 3.02. The molecule has 0 unspecified atom stereocenters. The third kappa shape index (κ3) is 3.61. The molecular formula is C20H25N5OS. The van der Waals surface area contributed by atoms with Crippen molar-refractivity contribution in [3.05, 3.63) is 45.9 Å². The minimum absolute atomic E-state index is 0.0876. The highest BCUT2D eigenvalue weighted by molar-refractivity contribution is 7.09. The number of hydrogen-bond acceptors (Lipinski definition) is 5. The van der Waals surface area contributed by atoms with Crippen molar-refractivity contribution in [3.8, 4) is 0 Å². The molecule has 0 radical (unpaired) electrons. The number of aryl methyl sites for hydroxylation is 1. The summed E-state index contributed by atoms with van der Waals surface area (Å²) in [5.74, 6) is 0.0876. The topological polar surface area (TPSA) is 54.3 Å². The first-order valence-electron chi connectivity index (χ1n) is 9.42. The summed E-state index contributed by atoms with van der Waals surface area (Å²) >= 11 is 1.70. The van der Waals surface area contributed by atoms with Gasteiger partial charge in [0.05, 0.1) is 23.7 Å². The van der Waals surface area contributed by atoms with Gasteiger partial charge < -0.3 is 4.90 Å². The Morgan fingerprint density at radius 2 is 2.04 bits per heavy atom. The average Bonchev–Trinajstić information content (AvgIpc) is 3.31. The van der Waals surface area contributed by atoms with Crippen molar-refractivity contribution in [3.63, 3.8) is 0 Å². The van der Waals surface area contributed by atoms with Gasteiger partial charge in [-0.05, 0) is 38.3 Å². The minimum atomic E-state index is 0.0876. The van der Waals surface area contributed by atoms with E-state index in [1.165, 1.54) is 4.88 Å². The number of thiophene rings is 1. The van der Waals surface area contributed by atoms with E-state index in [9.17, 15) is 4.79 Å². The molecule has 3 aromatic heterocycles. The lowest BCUT2D eigenvalue weighted by Crippen LogP contribution is -2.50. The van der Waals surface area contributed by atoms with Gasteiger partial charge in [-0.3, -0.25) is 9.69 Å². The van der Waals surface area contributed by atoms with Gasteiger partial charge in [0.15, 0.2) is 5.65 Å². The standard InChI is InChI=1S/C20H25N5OS/c1-14(2)23-6-8-24(9-7-23)20(26)17-11-15(3)22-19-18(17)12-21-25(19)13-16-5-4-10-27-16/h4-5,10-12,14H,6-9,13H2,1-3H3. The highest BCUT2D eigenvalue weighted by Crippen LogP contribution is 2.22. The van der Waals surface area contributed by atoms with E-state index in [-0.39, 0.29) is 5.91 Å². The summed E-state index contributed by atoms with van der Waals surface area (Å²) in [5, 5.41) is 7.42. The fourth-order valence-corrected chi connectivity index (χ4v) is 4.31. The molecule has 4 rings (SSSR count). The number of carbonyl (C=O) groups is 1. The van der Waals surface area contributed by atoms with E-state index < -0.39 is 0 Å². The van der Waals surface area contributed by atoms with Crippen LogP contribution in [0, 0.1) is 6.92 Å². The third-order valence-electron chi connectivity index (χ3n) is 5.19. The highest BCUT2D eigenvalue weighted by atomic mass is 32.1. The molecule has 0 N–H and O–H groups in total. The van der Waals surface area contributed by atoms with Crippen LogP contribution in [0.2, 0.25) is 0 Å². The van der Waals surface area contributed by atoms with Crippen LogP contribution in [0.25, 0.3) is 11.0 Å². The van der Waals surface area contributed by atoms with Crippen LogP contribution in [-0.2, 0) is 6.54 Å². The zero-order valence-electron chi connectivity index (χ0n) is 16.1. The number of rotatable bonds is 4. The van der Waals surface area contributed by atoms with Crippen LogP contribution in [0.5, 0.6) is 0 Å². The first-order chi connectivity index (χ1) is 13.0. The quantitative estimate of drug-likeness (QED) is 0.695. The molecule has 1 saturated heterocycles. The highest BCUT2D eigenvalue weighted by Gasteiger charge is 2.25. The maximum atomic E-state index is 13.2. The molecular weight excluding hydrogens is 358 g/mol. The van der Waals surface area contributed by atoms with Crippen LogP contribution in [-0.4, -0.2) is 62.7 Å². The van der Waals surface area contributed by atoms with E-state index in [4.69, 9.17) is 0 Å². The molecule has 4 heterocycles. The SMILES string of the molecule is Cc1cc(C(=O)N2CCN(C(C)C)CC2)c2cnn(Cc3cccs3)c2n1. The summed E-state index contributed by atoms with van der Waals surface area (Å²) in [6, 6.07) is 6.55. The number of nitrogens with zero attached hydrogens (tertiary/aromatic N) is 5. The minimum Gasteiger partial charge on any atom is -0.336 e.